The molecular weight excluding hydrogens is 537 g/mol. The Balaban J connectivity index is 1.58. The molecule has 1 N–H and O–H groups in total. The van der Waals surface area contributed by atoms with Crippen LogP contribution in [0.25, 0.3) is 21.7 Å². The summed E-state index contributed by atoms with van der Waals surface area (Å²) in [6.45, 7) is 9.59. The quantitative estimate of drug-likeness (QED) is 0.393. The van der Waals surface area contributed by atoms with Gasteiger partial charge in [0.25, 0.3) is 6.01 Å². The van der Waals surface area contributed by atoms with Crippen LogP contribution in [0.4, 0.5) is 24.0 Å². The van der Waals surface area contributed by atoms with E-state index in [9.17, 15) is 23.1 Å². The van der Waals surface area contributed by atoms with Crippen molar-refractivity contribution in [2.24, 2.45) is 5.92 Å². The second-order valence-electron chi connectivity index (χ2n) is 11.3. The Morgan fingerprint density at radius 2 is 1.87 bits per heavy atom. The van der Waals surface area contributed by atoms with Gasteiger partial charge in [0.1, 0.15) is 10.6 Å². The Labute approximate surface area is 227 Å². The summed E-state index contributed by atoms with van der Waals surface area (Å²) in [4.78, 5) is 25.3. The Hall–Kier alpha value is -3.06. The maximum Gasteiger partial charge on any atom is 0.573 e. The minimum absolute atomic E-state index is 0.0466. The van der Waals surface area contributed by atoms with Crippen molar-refractivity contribution in [3.63, 3.8) is 0 Å². The van der Waals surface area contributed by atoms with E-state index in [0.717, 1.165) is 12.8 Å². The topological polar surface area (TPSA) is 101 Å². The molecule has 4 heterocycles. The number of piperazine rings is 1. The van der Waals surface area contributed by atoms with Crippen molar-refractivity contribution in [2.75, 3.05) is 18.0 Å². The lowest BCUT2D eigenvalue weighted by atomic mass is 9.95. The van der Waals surface area contributed by atoms with E-state index in [0.29, 0.717) is 23.7 Å². The molecule has 1 amide bonds. The third kappa shape index (κ3) is 5.51. The molecule has 2 aromatic heterocycles. The summed E-state index contributed by atoms with van der Waals surface area (Å²) in [5, 5.41) is 13.1. The molecule has 2 aliphatic rings. The second-order valence-corrected chi connectivity index (χ2v) is 12.2. The number of aromatic nitrogens is 2. The predicted molar refractivity (Wildman–Crippen MR) is 139 cm³/mol. The number of aliphatic hydroxyl groups excluding tert-OH is 1. The molecule has 9 nitrogen and oxygen atoms in total. The third-order valence-corrected chi connectivity index (χ3v) is 7.63. The van der Waals surface area contributed by atoms with Crippen LogP contribution in [-0.2, 0) is 4.74 Å². The van der Waals surface area contributed by atoms with E-state index < -0.39 is 29.7 Å². The number of hydrogen-bond donors (Lipinski definition) is 1. The van der Waals surface area contributed by atoms with Crippen LogP contribution in [0.3, 0.4) is 0 Å². The highest BCUT2D eigenvalue weighted by Crippen LogP contribution is 2.46. The number of alkyl halides is 3. The third-order valence-electron chi connectivity index (χ3n) is 6.83. The van der Waals surface area contributed by atoms with Gasteiger partial charge in [-0.15, -0.1) is 24.5 Å². The van der Waals surface area contributed by atoms with Gasteiger partial charge in [0.15, 0.2) is 16.8 Å². The van der Waals surface area contributed by atoms with Gasteiger partial charge >= 0.3 is 12.5 Å². The normalized spacial score (nSPS) is 20.7. The predicted octanol–water partition coefficient (Wildman–Crippen LogP) is 6.13. The van der Waals surface area contributed by atoms with Gasteiger partial charge in [-0.25, -0.2) is 9.78 Å². The van der Waals surface area contributed by atoms with Crippen LogP contribution in [0.5, 0.6) is 5.75 Å². The zero-order valence-electron chi connectivity index (χ0n) is 22.3. The number of amides is 1. The van der Waals surface area contributed by atoms with Crippen molar-refractivity contribution in [3.05, 3.63) is 23.2 Å². The average molecular weight is 569 g/mol. The lowest BCUT2D eigenvalue weighted by Gasteiger charge is -2.40. The van der Waals surface area contributed by atoms with E-state index in [1.807, 2.05) is 25.7 Å². The lowest BCUT2D eigenvalue weighted by Crippen LogP contribution is -2.56. The summed E-state index contributed by atoms with van der Waals surface area (Å²) in [7, 11) is 0. The molecule has 3 atom stereocenters. The van der Waals surface area contributed by atoms with E-state index in [1.54, 1.807) is 30.3 Å². The van der Waals surface area contributed by atoms with Crippen LogP contribution < -0.4 is 9.64 Å². The molecule has 3 unspecified atom stereocenters. The van der Waals surface area contributed by atoms with Crippen molar-refractivity contribution in [1.29, 1.82) is 0 Å². The van der Waals surface area contributed by atoms with E-state index in [2.05, 4.69) is 14.7 Å². The number of aliphatic hydroxyl groups is 1. The fourth-order valence-corrected chi connectivity index (χ4v) is 5.84. The number of hydrogen-bond acceptors (Lipinski definition) is 9. The van der Waals surface area contributed by atoms with Crippen LogP contribution in [0.1, 0.15) is 59.1 Å². The molecule has 0 spiro atoms. The molecule has 5 rings (SSSR count). The molecule has 2 aliphatic heterocycles. The molecule has 2 fully saturated rings. The van der Waals surface area contributed by atoms with Gasteiger partial charge in [-0.1, -0.05) is 13.8 Å². The van der Waals surface area contributed by atoms with Gasteiger partial charge in [-0.05, 0) is 45.6 Å². The molecule has 0 radical (unpaired) electrons. The number of nitrogens with zero attached hydrogens (tertiary/aromatic N) is 4. The number of benzene rings is 1. The molecule has 0 aliphatic carbocycles. The number of oxazole rings is 1. The van der Waals surface area contributed by atoms with Crippen molar-refractivity contribution >= 4 is 34.5 Å². The smallest absolute Gasteiger partial charge is 0.444 e. The number of rotatable bonds is 5. The molecule has 39 heavy (non-hydrogen) atoms. The summed E-state index contributed by atoms with van der Waals surface area (Å²) >= 11 is 1.29. The summed E-state index contributed by atoms with van der Waals surface area (Å²) < 4.78 is 56.9. The van der Waals surface area contributed by atoms with E-state index in [4.69, 9.17) is 9.15 Å². The number of carbonyl (C=O) groups is 1. The number of anilines is 1. The Bertz CT molecular complexity index is 1340. The molecule has 212 valence electrons. The van der Waals surface area contributed by atoms with Crippen molar-refractivity contribution in [3.8, 4) is 16.3 Å². The van der Waals surface area contributed by atoms with Gasteiger partial charge < -0.3 is 23.9 Å². The highest BCUT2D eigenvalue weighted by atomic mass is 32.1. The molecular formula is C26H31F3N4O5S. The molecule has 0 saturated carbocycles. The molecule has 2 saturated heterocycles. The van der Waals surface area contributed by atoms with Crippen LogP contribution in [-0.4, -0.2) is 63.2 Å². The van der Waals surface area contributed by atoms with E-state index >= 15 is 0 Å². The minimum Gasteiger partial charge on any atom is -0.444 e. The number of thiazole rings is 1. The Morgan fingerprint density at radius 3 is 2.41 bits per heavy atom. The maximum atomic E-state index is 13.6. The number of halogens is 3. The number of fused-ring (bicyclic) bond motifs is 3. The molecule has 2 bridgehead atoms. The zero-order valence-corrected chi connectivity index (χ0v) is 23.1. The molecule has 3 aromatic rings. The van der Waals surface area contributed by atoms with E-state index in [1.165, 1.54) is 17.4 Å². The largest absolute Gasteiger partial charge is 0.573 e. The van der Waals surface area contributed by atoms with Gasteiger partial charge in [0.05, 0.1) is 23.8 Å². The molecule has 1 aromatic carbocycles. The van der Waals surface area contributed by atoms with Gasteiger partial charge in [0, 0.05) is 30.2 Å². The number of carbonyl (C=O) groups excluding carboxylic acids is 1. The van der Waals surface area contributed by atoms with Crippen LogP contribution in [0.15, 0.2) is 22.1 Å². The maximum absolute atomic E-state index is 13.6. The summed E-state index contributed by atoms with van der Waals surface area (Å²) in [5.41, 5.74) is -0.326. The SMILES string of the molecule is CC(C)C(O)c1cc(-c2nccs2)c2oc(N3CC4CCC(C3)N4C(=O)OC(C)(C)C)nc2c1OC(F)(F)F. The monoisotopic (exact) mass is 568 g/mol. The van der Waals surface area contributed by atoms with Crippen molar-refractivity contribution in [1.82, 2.24) is 14.9 Å². The number of ether oxygens (including phenoxy) is 2. The van der Waals surface area contributed by atoms with Gasteiger partial charge in [-0.2, -0.15) is 4.98 Å². The fourth-order valence-electron chi connectivity index (χ4n) is 5.19. The zero-order chi connectivity index (χ0) is 28.3. The van der Waals surface area contributed by atoms with Crippen LogP contribution in [0, 0.1) is 5.92 Å². The Morgan fingerprint density at radius 1 is 1.21 bits per heavy atom. The van der Waals surface area contributed by atoms with Crippen LogP contribution >= 0.6 is 11.3 Å². The average Bonchev–Trinajstić information content (AvgIpc) is 3.55. The summed E-state index contributed by atoms with van der Waals surface area (Å²) in [6, 6.07) is 1.24. The Kier molecular flexibility index (Phi) is 6.94. The highest BCUT2D eigenvalue weighted by Gasteiger charge is 2.46. The fraction of sp³-hybridized carbons (Fsp3) is 0.577. The highest BCUT2D eigenvalue weighted by molar-refractivity contribution is 7.13. The van der Waals surface area contributed by atoms with Crippen LogP contribution in [0.2, 0.25) is 0 Å². The molecule has 13 heteroatoms. The first-order chi connectivity index (χ1) is 18.2. The summed E-state index contributed by atoms with van der Waals surface area (Å²) in [5.74, 6) is -0.991. The second kappa shape index (κ2) is 9.84. The van der Waals surface area contributed by atoms with Gasteiger partial charge in [-0.3, -0.25) is 4.90 Å². The first-order valence-electron chi connectivity index (χ1n) is 12.8. The van der Waals surface area contributed by atoms with Crippen molar-refractivity contribution < 1.29 is 37.0 Å². The van der Waals surface area contributed by atoms with Crippen molar-refractivity contribution in [2.45, 2.75) is 77.6 Å². The first-order valence-corrected chi connectivity index (χ1v) is 13.7. The minimum atomic E-state index is -5.02. The van der Waals surface area contributed by atoms with E-state index in [-0.39, 0.29) is 40.9 Å². The standard InChI is InChI=1S/C26H31F3N4O5S/c1-13(2)19(34)16-10-17(22-30-8-9-39-22)20-18(21(16)37-26(27,28)29)31-23(36-20)32-11-14-6-7-15(12-32)33(14)24(35)38-25(3,4)5/h8-10,13-15,19,34H,6-7,11-12H2,1-5H3. The summed E-state index contributed by atoms with van der Waals surface area (Å²) in [6.07, 6.45) is -3.55. The first kappa shape index (κ1) is 27.5. The lowest BCUT2D eigenvalue weighted by molar-refractivity contribution is -0.274. The van der Waals surface area contributed by atoms with Gasteiger partial charge in [0.2, 0.25) is 0 Å².